The summed E-state index contributed by atoms with van der Waals surface area (Å²) in [6.45, 7) is 17.2. The van der Waals surface area contributed by atoms with Crippen LogP contribution >= 0.6 is 0 Å². The topological polar surface area (TPSA) is 76.7 Å². The number of piperidine rings is 2. The summed E-state index contributed by atoms with van der Waals surface area (Å²) in [4.78, 5) is 26.6. The average molecular weight is 621 g/mol. The van der Waals surface area contributed by atoms with Gasteiger partial charge in [0.25, 0.3) is 0 Å². The number of esters is 2. The van der Waals surface area contributed by atoms with Crippen LogP contribution in [-0.4, -0.2) is 46.3 Å². The highest BCUT2D eigenvalue weighted by Crippen LogP contribution is 2.35. The Labute approximate surface area is 273 Å². The quantitative estimate of drug-likeness (QED) is 0.218. The van der Waals surface area contributed by atoms with Gasteiger partial charge in [0.15, 0.2) is 0 Å². The van der Waals surface area contributed by atoms with E-state index < -0.39 is 0 Å². The number of hydrogen-bond acceptors (Lipinski definition) is 6. The van der Waals surface area contributed by atoms with Crippen molar-refractivity contribution < 1.29 is 19.1 Å². The van der Waals surface area contributed by atoms with Crippen LogP contribution in [0.25, 0.3) is 32.7 Å². The summed E-state index contributed by atoms with van der Waals surface area (Å²) in [7, 11) is 0. The Morgan fingerprint density at radius 2 is 1.02 bits per heavy atom. The lowest BCUT2D eigenvalue weighted by atomic mass is 9.81. The summed E-state index contributed by atoms with van der Waals surface area (Å²) in [6, 6.07) is 24.0. The Bertz CT molecular complexity index is 1790. The molecule has 0 aliphatic carbocycles. The van der Waals surface area contributed by atoms with Crippen molar-refractivity contribution in [1.82, 2.24) is 10.6 Å². The van der Waals surface area contributed by atoms with Crippen molar-refractivity contribution in [2.75, 3.05) is 0 Å². The first-order chi connectivity index (χ1) is 21.5. The first-order valence-corrected chi connectivity index (χ1v) is 16.5. The molecule has 4 aromatic carbocycles. The zero-order valence-corrected chi connectivity index (χ0v) is 28.5. The lowest BCUT2D eigenvalue weighted by Crippen LogP contribution is -2.59. The van der Waals surface area contributed by atoms with E-state index in [2.05, 4.69) is 96.4 Å². The Morgan fingerprint density at radius 1 is 0.565 bits per heavy atom. The Morgan fingerprint density at radius 3 is 1.57 bits per heavy atom. The molecule has 0 aromatic heterocycles. The van der Waals surface area contributed by atoms with E-state index >= 15 is 0 Å². The van der Waals surface area contributed by atoms with Gasteiger partial charge in [-0.2, -0.15) is 0 Å². The summed E-state index contributed by atoms with van der Waals surface area (Å²) < 4.78 is 12.1. The van der Waals surface area contributed by atoms with Crippen LogP contribution < -0.4 is 10.6 Å². The van der Waals surface area contributed by atoms with E-state index in [1.807, 2.05) is 42.5 Å². The molecule has 6 rings (SSSR count). The van der Waals surface area contributed by atoms with Crippen molar-refractivity contribution in [3.05, 3.63) is 83.9 Å². The van der Waals surface area contributed by atoms with Gasteiger partial charge in [-0.3, -0.25) is 0 Å². The van der Waals surface area contributed by atoms with E-state index in [0.29, 0.717) is 11.1 Å². The summed E-state index contributed by atoms with van der Waals surface area (Å²) >= 11 is 0. The van der Waals surface area contributed by atoms with E-state index in [9.17, 15) is 9.59 Å². The van der Waals surface area contributed by atoms with Crippen molar-refractivity contribution in [2.45, 2.75) is 115 Å². The van der Waals surface area contributed by atoms with Gasteiger partial charge in [0, 0.05) is 47.8 Å². The van der Waals surface area contributed by atoms with Crippen LogP contribution in [0.2, 0.25) is 0 Å². The molecular formula is C40H48N2O4. The van der Waals surface area contributed by atoms with Crippen LogP contribution in [0.1, 0.15) is 102 Å². The molecule has 2 aliphatic rings. The fourth-order valence-electron chi connectivity index (χ4n) is 8.25. The SMILES string of the molecule is CC1(C)CC(OC(=O)c2ccc3cc(-c4cccc5ccc(C(=O)OC6CC(C)(C)NC(C)(C)C6)cc45)ccc3c2)CC(C)(C)N1. The Balaban J connectivity index is 1.23. The lowest BCUT2D eigenvalue weighted by molar-refractivity contribution is -0.00764. The minimum Gasteiger partial charge on any atom is -0.459 e. The first kappa shape index (κ1) is 32.2. The molecule has 0 saturated carbocycles. The molecule has 2 fully saturated rings. The van der Waals surface area contributed by atoms with Crippen LogP contribution in [0, 0.1) is 0 Å². The van der Waals surface area contributed by atoms with Crippen LogP contribution in [-0.2, 0) is 9.47 Å². The van der Waals surface area contributed by atoms with Crippen molar-refractivity contribution in [1.29, 1.82) is 0 Å². The summed E-state index contributed by atoms with van der Waals surface area (Å²) in [6.07, 6.45) is 2.81. The monoisotopic (exact) mass is 620 g/mol. The summed E-state index contributed by atoms with van der Waals surface area (Å²) in [5.74, 6) is -0.570. The predicted molar refractivity (Wildman–Crippen MR) is 186 cm³/mol. The first-order valence-electron chi connectivity index (χ1n) is 16.5. The molecule has 4 aromatic rings. The summed E-state index contributed by atoms with van der Waals surface area (Å²) in [5.41, 5.74) is 2.77. The van der Waals surface area contributed by atoms with Gasteiger partial charge in [0.2, 0.25) is 0 Å². The second-order valence-electron chi connectivity index (χ2n) is 16.2. The number of carbonyl (C=O) groups excluding carboxylic acids is 2. The Kier molecular flexibility index (Phi) is 8.05. The maximum atomic E-state index is 13.4. The van der Waals surface area contributed by atoms with E-state index in [0.717, 1.165) is 58.4 Å². The minimum absolute atomic E-state index is 0.101. The maximum Gasteiger partial charge on any atom is 0.338 e. The van der Waals surface area contributed by atoms with Gasteiger partial charge in [-0.05, 0) is 118 Å². The number of hydrogen-bond donors (Lipinski definition) is 2. The largest absolute Gasteiger partial charge is 0.459 e. The molecule has 2 saturated heterocycles. The Hall–Kier alpha value is -3.74. The zero-order valence-electron chi connectivity index (χ0n) is 28.5. The second-order valence-corrected chi connectivity index (χ2v) is 16.2. The molecule has 0 unspecified atom stereocenters. The second kappa shape index (κ2) is 11.5. The molecular weight excluding hydrogens is 572 g/mol. The molecule has 2 aliphatic heterocycles. The van der Waals surface area contributed by atoms with Crippen molar-refractivity contribution >= 4 is 33.5 Å². The van der Waals surface area contributed by atoms with Gasteiger partial charge in [0.1, 0.15) is 12.2 Å². The third-order valence-electron chi connectivity index (χ3n) is 9.36. The van der Waals surface area contributed by atoms with Crippen LogP contribution in [0.4, 0.5) is 0 Å². The van der Waals surface area contributed by atoms with Crippen molar-refractivity contribution in [3.8, 4) is 11.1 Å². The fourth-order valence-corrected chi connectivity index (χ4v) is 8.25. The number of rotatable bonds is 5. The molecule has 242 valence electrons. The van der Waals surface area contributed by atoms with Crippen LogP contribution in [0.3, 0.4) is 0 Å². The number of ether oxygens (including phenoxy) is 2. The predicted octanol–water partition coefficient (Wildman–Crippen LogP) is 8.59. The summed E-state index contributed by atoms with van der Waals surface area (Å²) in [5, 5.41) is 11.3. The fraction of sp³-hybridized carbons (Fsp3) is 0.450. The van der Waals surface area contributed by atoms with Gasteiger partial charge in [-0.25, -0.2) is 9.59 Å². The van der Waals surface area contributed by atoms with Gasteiger partial charge < -0.3 is 20.1 Å². The van der Waals surface area contributed by atoms with E-state index in [-0.39, 0.29) is 46.3 Å². The smallest absolute Gasteiger partial charge is 0.338 e. The standard InChI is InChI=1S/C40H48N2O4/c1-37(2)21-31(22-38(3,4)41-37)45-35(43)29-17-14-26-18-28(15-13-27(26)19-29)33-11-9-10-25-12-16-30(20-34(25)33)36(44)46-32-23-39(5,6)42-40(7,8)24-32/h9-20,31-32,41-42H,21-24H2,1-8H3. The van der Waals surface area contributed by atoms with E-state index in [1.165, 1.54) is 0 Å². The third kappa shape index (κ3) is 7.13. The molecule has 46 heavy (non-hydrogen) atoms. The molecule has 0 bridgehead atoms. The van der Waals surface area contributed by atoms with Gasteiger partial charge in [0.05, 0.1) is 11.1 Å². The van der Waals surface area contributed by atoms with Gasteiger partial charge >= 0.3 is 11.9 Å². The maximum absolute atomic E-state index is 13.4. The highest BCUT2D eigenvalue weighted by molar-refractivity contribution is 6.03. The van der Waals surface area contributed by atoms with Gasteiger partial charge in [-0.1, -0.05) is 42.5 Å². The molecule has 0 radical (unpaired) electrons. The molecule has 2 heterocycles. The average Bonchev–Trinajstić information content (AvgIpc) is 2.92. The number of carbonyl (C=O) groups is 2. The number of fused-ring (bicyclic) bond motifs is 2. The van der Waals surface area contributed by atoms with Crippen LogP contribution in [0.5, 0.6) is 0 Å². The molecule has 2 N–H and O–H groups in total. The van der Waals surface area contributed by atoms with Crippen LogP contribution in [0.15, 0.2) is 72.8 Å². The lowest BCUT2D eigenvalue weighted by Gasteiger charge is -2.45. The highest BCUT2D eigenvalue weighted by Gasteiger charge is 2.40. The molecule has 0 spiro atoms. The zero-order chi connectivity index (χ0) is 33.1. The molecule has 6 heteroatoms. The van der Waals surface area contributed by atoms with E-state index in [1.54, 1.807) is 0 Å². The number of benzene rings is 4. The van der Waals surface area contributed by atoms with Crippen molar-refractivity contribution in [3.63, 3.8) is 0 Å². The minimum atomic E-state index is -0.287. The van der Waals surface area contributed by atoms with Gasteiger partial charge in [-0.15, -0.1) is 0 Å². The normalized spacial score (nSPS) is 20.8. The number of nitrogens with one attached hydrogen (secondary N) is 2. The molecule has 6 nitrogen and oxygen atoms in total. The molecule has 0 amide bonds. The highest BCUT2D eigenvalue weighted by atomic mass is 16.5. The molecule has 0 atom stereocenters. The van der Waals surface area contributed by atoms with E-state index in [4.69, 9.17) is 9.47 Å². The third-order valence-corrected chi connectivity index (χ3v) is 9.36. The van der Waals surface area contributed by atoms with Crippen molar-refractivity contribution in [2.24, 2.45) is 0 Å².